The zero-order valence-electron chi connectivity index (χ0n) is 8.98. The first-order valence-corrected chi connectivity index (χ1v) is 4.93. The van der Waals surface area contributed by atoms with Crippen LogP contribution in [-0.2, 0) is 9.59 Å². The number of rotatable bonds is 3. The molecule has 0 unspecified atom stereocenters. The van der Waals surface area contributed by atoms with E-state index in [1.54, 1.807) is 17.2 Å². The molecule has 1 N–H and O–H groups in total. The summed E-state index contributed by atoms with van der Waals surface area (Å²) >= 11 is 0. The van der Waals surface area contributed by atoms with Gasteiger partial charge in [-0.15, -0.1) is 0 Å². The zero-order valence-corrected chi connectivity index (χ0v) is 8.98. The van der Waals surface area contributed by atoms with Crippen LogP contribution in [0.5, 0.6) is 0 Å². The van der Waals surface area contributed by atoms with Crippen molar-refractivity contribution in [2.24, 2.45) is 0 Å². The van der Waals surface area contributed by atoms with E-state index in [0.717, 1.165) is 25.5 Å². The second kappa shape index (κ2) is 7.79. The number of carbonyl (C=O) groups is 2. The van der Waals surface area contributed by atoms with Crippen LogP contribution >= 0.6 is 0 Å². The SMILES string of the molecule is C=CN1CCCC1=O.CCC=CC(=O)O. The van der Waals surface area contributed by atoms with Crippen molar-refractivity contribution in [1.29, 1.82) is 0 Å². The number of nitrogens with zero attached hydrogens (tertiary/aromatic N) is 1. The molecule has 1 rings (SSSR count). The number of carboxylic acid groups (broad SMARTS) is 1. The highest BCUT2D eigenvalue weighted by molar-refractivity contribution is 5.79. The third kappa shape index (κ3) is 6.49. The summed E-state index contributed by atoms with van der Waals surface area (Å²) in [7, 11) is 0. The van der Waals surface area contributed by atoms with Gasteiger partial charge in [0.2, 0.25) is 5.91 Å². The number of aliphatic carboxylic acids is 1. The highest BCUT2D eigenvalue weighted by Crippen LogP contribution is 2.08. The molecule has 0 spiro atoms. The molecule has 1 heterocycles. The van der Waals surface area contributed by atoms with E-state index in [0.29, 0.717) is 6.42 Å². The number of allylic oxidation sites excluding steroid dienone is 1. The lowest BCUT2D eigenvalue weighted by atomic mass is 10.4. The Bertz CT molecular complexity index is 259. The summed E-state index contributed by atoms with van der Waals surface area (Å²) in [4.78, 5) is 22.0. The number of amides is 1. The molecule has 0 aromatic heterocycles. The van der Waals surface area contributed by atoms with Crippen LogP contribution in [0, 0.1) is 0 Å². The van der Waals surface area contributed by atoms with Gasteiger partial charge >= 0.3 is 5.97 Å². The summed E-state index contributed by atoms with van der Waals surface area (Å²) in [6, 6.07) is 0. The second-order valence-electron chi connectivity index (χ2n) is 3.02. The molecule has 1 saturated heterocycles. The van der Waals surface area contributed by atoms with Crippen LogP contribution in [0.3, 0.4) is 0 Å². The largest absolute Gasteiger partial charge is 0.478 e. The van der Waals surface area contributed by atoms with Crippen LogP contribution in [0.15, 0.2) is 24.9 Å². The monoisotopic (exact) mass is 211 g/mol. The molecule has 84 valence electrons. The first kappa shape index (κ1) is 13.4. The predicted molar refractivity (Wildman–Crippen MR) is 58.2 cm³/mol. The molecular formula is C11H17NO3. The third-order valence-corrected chi connectivity index (χ3v) is 1.83. The van der Waals surface area contributed by atoms with Crippen molar-refractivity contribution >= 4 is 11.9 Å². The Balaban J connectivity index is 0.000000265. The molecule has 4 heteroatoms. The molecule has 0 saturated carbocycles. The van der Waals surface area contributed by atoms with E-state index in [1.165, 1.54) is 0 Å². The average Bonchev–Trinajstić information content (AvgIpc) is 2.61. The summed E-state index contributed by atoms with van der Waals surface area (Å²) < 4.78 is 0. The molecule has 0 atom stereocenters. The zero-order chi connectivity index (χ0) is 11.7. The molecule has 0 aromatic carbocycles. The number of likely N-dealkylation sites (tertiary alicyclic amines) is 1. The molecule has 1 aliphatic heterocycles. The Morgan fingerprint density at radius 3 is 2.53 bits per heavy atom. The topological polar surface area (TPSA) is 57.6 Å². The van der Waals surface area contributed by atoms with E-state index in [-0.39, 0.29) is 5.91 Å². The van der Waals surface area contributed by atoms with Crippen molar-refractivity contribution < 1.29 is 14.7 Å². The van der Waals surface area contributed by atoms with Crippen LogP contribution in [0.1, 0.15) is 26.2 Å². The molecule has 15 heavy (non-hydrogen) atoms. The Morgan fingerprint density at radius 2 is 2.33 bits per heavy atom. The fourth-order valence-electron chi connectivity index (χ4n) is 1.08. The maximum Gasteiger partial charge on any atom is 0.327 e. The minimum atomic E-state index is -0.873. The molecular weight excluding hydrogens is 194 g/mol. The first-order valence-electron chi connectivity index (χ1n) is 4.93. The van der Waals surface area contributed by atoms with Crippen molar-refractivity contribution in [2.45, 2.75) is 26.2 Å². The molecule has 1 aliphatic rings. The first-order chi connectivity index (χ1) is 7.11. The van der Waals surface area contributed by atoms with Gasteiger partial charge in [0.05, 0.1) is 0 Å². The molecule has 0 aromatic rings. The van der Waals surface area contributed by atoms with E-state index in [1.807, 2.05) is 6.92 Å². The van der Waals surface area contributed by atoms with Crippen molar-refractivity contribution in [3.8, 4) is 0 Å². The molecule has 4 nitrogen and oxygen atoms in total. The Hall–Kier alpha value is -1.58. The van der Waals surface area contributed by atoms with Crippen molar-refractivity contribution in [2.75, 3.05) is 6.54 Å². The normalized spacial score (nSPS) is 15.0. The van der Waals surface area contributed by atoms with E-state index < -0.39 is 5.97 Å². The van der Waals surface area contributed by atoms with Gasteiger partial charge in [0.15, 0.2) is 0 Å². The average molecular weight is 211 g/mol. The van der Waals surface area contributed by atoms with Crippen molar-refractivity contribution in [3.05, 3.63) is 24.9 Å². The number of carboxylic acids is 1. The van der Waals surface area contributed by atoms with Gasteiger partial charge in [-0.1, -0.05) is 19.6 Å². The van der Waals surface area contributed by atoms with Crippen LogP contribution in [0.2, 0.25) is 0 Å². The van der Waals surface area contributed by atoms with Gasteiger partial charge in [-0.3, -0.25) is 4.79 Å². The highest BCUT2D eigenvalue weighted by atomic mass is 16.4. The fourth-order valence-corrected chi connectivity index (χ4v) is 1.08. The molecule has 0 radical (unpaired) electrons. The summed E-state index contributed by atoms with van der Waals surface area (Å²) in [6.45, 7) is 6.25. The van der Waals surface area contributed by atoms with Crippen LogP contribution in [0.4, 0.5) is 0 Å². The number of hydrogen-bond donors (Lipinski definition) is 1. The predicted octanol–water partition coefficient (Wildman–Crippen LogP) is 1.79. The Morgan fingerprint density at radius 1 is 1.67 bits per heavy atom. The maximum atomic E-state index is 10.7. The molecule has 1 fully saturated rings. The minimum absolute atomic E-state index is 0.208. The van der Waals surface area contributed by atoms with Crippen LogP contribution in [0.25, 0.3) is 0 Å². The van der Waals surface area contributed by atoms with Gasteiger partial charge in [0.1, 0.15) is 0 Å². The van der Waals surface area contributed by atoms with Gasteiger partial charge in [-0.05, 0) is 19.0 Å². The van der Waals surface area contributed by atoms with Gasteiger partial charge in [0, 0.05) is 19.0 Å². The van der Waals surface area contributed by atoms with Crippen molar-refractivity contribution in [3.63, 3.8) is 0 Å². The summed E-state index contributed by atoms with van der Waals surface area (Å²) in [5.74, 6) is -0.665. The number of hydrogen-bond acceptors (Lipinski definition) is 2. The summed E-state index contributed by atoms with van der Waals surface area (Å²) in [6.07, 6.45) is 6.81. The molecule has 0 bridgehead atoms. The smallest absolute Gasteiger partial charge is 0.327 e. The maximum absolute atomic E-state index is 10.7. The van der Waals surface area contributed by atoms with Gasteiger partial charge in [-0.2, -0.15) is 0 Å². The van der Waals surface area contributed by atoms with E-state index in [9.17, 15) is 9.59 Å². The molecule has 0 aliphatic carbocycles. The highest BCUT2D eigenvalue weighted by Gasteiger charge is 2.15. The lowest BCUT2D eigenvalue weighted by molar-refractivity contribution is -0.131. The third-order valence-electron chi connectivity index (χ3n) is 1.83. The number of carbonyl (C=O) groups excluding carboxylic acids is 1. The second-order valence-corrected chi connectivity index (χ2v) is 3.02. The van der Waals surface area contributed by atoms with Crippen molar-refractivity contribution in [1.82, 2.24) is 4.90 Å². The quantitative estimate of drug-likeness (QED) is 0.724. The van der Waals surface area contributed by atoms with E-state index in [4.69, 9.17) is 5.11 Å². The Kier molecular flexibility index (Phi) is 6.97. The fraction of sp³-hybridized carbons (Fsp3) is 0.455. The van der Waals surface area contributed by atoms with Gasteiger partial charge < -0.3 is 10.0 Å². The Labute approximate surface area is 89.9 Å². The van der Waals surface area contributed by atoms with Gasteiger partial charge in [-0.25, -0.2) is 4.79 Å². The van der Waals surface area contributed by atoms with Crippen LogP contribution < -0.4 is 0 Å². The van der Waals surface area contributed by atoms with E-state index in [2.05, 4.69) is 6.58 Å². The standard InChI is InChI=1S/C6H9NO.C5H8O2/c1-2-7-5-3-4-6(7)8;1-2-3-4-5(6)7/h2H,1,3-5H2;3-4H,2H2,1H3,(H,6,7). The minimum Gasteiger partial charge on any atom is -0.478 e. The van der Waals surface area contributed by atoms with Gasteiger partial charge in [0.25, 0.3) is 0 Å². The summed E-state index contributed by atoms with van der Waals surface area (Å²) in [5, 5.41) is 7.96. The van der Waals surface area contributed by atoms with E-state index >= 15 is 0 Å². The van der Waals surface area contributed by atoms with Crippen LogP contribution in [-0.4, -0.2) is 28.4 Å². The lowest BCUT2D eigenvalue weighted by Gasteiger charge is -2.05. The molecule has 1 amide bonds. The summed E-state index contributed by atoms with van der Waals surface area (Å²) in [5.41, 5.74) is 0. The lowest BCUT2D eigenvalue weighted by Crippen LogP contribution is -2.16.